The number of rotatable bonds is 0. The van der Waals surface area contributed by atoms with E-state index in [4.69, 9.17) is 16.3 Å². The van der Waals surface area contributed by atoms with Gasteiger partial charge in [0.25, 0.3) is 0 Å². The molecule has 3 atom stereocenters. The number of hydrogen-bond acceptors (Lipinski definition) is 1. The summed E-state index contributed by atoms with van der Waals surface area (Å²) < 4.78 is 5.71. The third-order valence-electron chi connectivity index (χ3n) is 2.47. The molecule has 2 rings (SSSR count). The molecule has 0 amide bonds. The number of fused-ring (bicyclic) bond motifs is 2. The highest BCUT2D eigenvalue weighted by atomic mass is 35.5. The topological polar surface area (TPSA) is 9.23 Å². The predicted octanol–water partition coefficient (Wildman–Crippen LogP) is 2.33. The Hall–Kier alpha value is 0.250. The second-order valence-corrected chi connectivity index (χ2v) is 4.00. The Morgan fingerprint density at radius 2 is 1.70 bits per heavy atom. The van der Waals surface area contributed by atoms with Gasteiger partial charge < -0.3 is 4.74 Å². The van der Waals surface area contributed by atoms with Crippen molar-refractivity contribution in [2.75, 3.05) is 0 Å². The molecule has 0 spiro atoms. The van der Waals surface area contributed by atoms with Gasteiger partial charge in [-0.15, -0.1) is 11.6 Å². The lowest BCUT2D eigenvalue weighted by atomic mass is 9.92. The average Bonchev–Trinajstić information content (AvgIpc) is 1.85. The molecular formula is C8H13ClO. The lowest BCUT2D eigenvalue weighted by molar-refractivity contribution is -0.0807. The van der Waals surface area contributed by atoms with Gasteiger partial charge in [-0.1, -0.05) is 0 Å². The summed E-state index contributed by atoms with van der Waals surface area (Å²) in [7, 11) is 0. The van der Waals surface area contributed by atoms with Crippen molar-refractivity contribution in [2.24, 2.45) is 0 Å². The van der Waals surface area contributed by atoms with Crippen LogP contribution < -0.4 is 0 Å². The Balaban J connectivity index is 1.98. The number of ether oxygens (including phenoxy) is 1. The lowest BCUT2D eigenvalue weighted by Gasteiger charge is -2.37. The van der Waals surface area contributed by atoms with Gasteiger partial charge in [-0.25, -0.2) is 0 Å². The molecule has 2 aliphatic rings. The quantitative estimate of drug-likeness (QED) is 0.495. The van der Waals surface area contributed by atoms with E-state index in [0.29, 0.717) is 17.6 Å². The van der Waals surface area contributed by atoms with Crippen molar-refractivity contribution in [3.63, 3.8) is 0 Å². The van der Waals surface area contributed by atoms with Crippen LogP contribution in [0, 0.1) is 0 Å². The second kappa shape index (κ2) is 2.71. The van der Waals surface area contributed by atoms with Crippen LogP contribution >= 0.6 is 11.6 Å². The van der Waals surface area contributed by atoms with Crippen LogP contribution in [0.4, 0.5) is 0 Å². The van der Waals surface area contributed by atoms with E-state index in [2.05, 4.69) is 0 Å². The van der Waals surface area contributed by atoms with E-state index >= 15 is 0 Å². The van der Waals surface area contributed by atoms with Crippen molar-refractivity contribution in [1.29, 1.82) is 0 Å². The Morgan fingerprint density at radius 1 is 1.10 bits per heavy atom. The largest absolute Gasteiger partial charge is 0.375 e. The second-order valence-electron chi connectivity index (χ2n) is 3.38. The van der Waals surface area contributed by atoms with Gasteiger partial charge in [0.15, 0.2) is 0 Å². The first-order valence-corrected chi connectivity index (χ1v) is 4.58. The highest BCUT2D eigenvalue weighted by Gasteiger charge is 2.31. The van der Waals surface area contributed by atoms with Gasteiger partial charge in [0.2, 0.25) is 0 Å². The fourth-order valence-electron chi connectivity index (χ4n) is 1.99. The molecule has 0 aromatic carbocycles. The number of alkyl halides is 1. The van der Waals surface area contributed by atoms with Gasteiger partial charge in [0.05, 0.1) is 12.2 Å². The smallest absolute Gasteiger partial charge is 0.0593 e. The van der Waals surface area contributed by atoms with Crippen LogP contribution in [0.2, 0.25) is 0 Å². The Morgan fingerprint density at radius 3 is 2.30 bits per heavy atom. The SMILES string of the molecule is ClC1C[C@H]2CCC[C@@H](C1)O2. The first kappa shape index (κ1) is 6.93. The first-order chi connectivity index (χ1) is 4.84. The molecule has 1 unspecified atom stereocenters. The molecule has 2 saturated heterocycles. The normalized spacial score (nSPS) is 47.1. The van der Waals surface area contributed by atoms with Crippen molar-refractivity contribution in [1.82, 2.24) is 0 Å². The summed E-state index contributed by atoms with van der Waals surface area (Å²) in [5.41, 5.74) is 0. The fourth-order valence-corrected chi connectivity index (χ4v) is 2.39. The summed E-state index contributed by atoms with van der Waals surface area (Å²) in [6.45, 7) is 0. The van der Waals surface area contributed by atoms with E-state index in [1.807, 2.05) is 0 Å². The molecule has 10 heavy (non-hydrogen) atoms. The fraction of sp³-hybridized carbons (Fsp3) is 1.00. The molecular weight excluding hydrogens is 148 g/mol. The van der Waals surface area contributed by atoms with Crippen molar-refractivity contribution in [2.45, 2.75) is 49.7 Å². The molecule has 0 aromatic heterocycles. The maximum absolute atomic E-state index is 6.04. The van der Waals surface area contributed by atoms with Gasteiger partial charge in [-0.2, -0.15) is 0 Å². The van der Waals surface area contributed by atoms with Crippen LogP contribution in [-0.4, -0.2) is 17.6 Å². The predicted molar refractivity (Wildman–Crippen MR) is 41.4 cm³/mol. The number of halogens is 1. The zero-order valence-corrected chi connectivity index (χ0v) is 6.81. The summed E-state index contributed by atoms with van der Waals surface area (Å²) in [5.74, 6) is 0. The molecule has 2 bridgehead atoms. The molecule has 0 radical (unpaired) electrons. The van der Waals surface area contributed by atoms with Gasteiger partial charge in [0.1, 0.15) is 0 Å². The third kappa shape index (κ3) is 1.30. The van der Waals surface area contributed by atoms with E-state index in [0.717, 1.165) is 12.8 Å². The van der Waals surface area contributed by atoms with Crippen LogP contribution in [0.25, 0.3) is 0 Å². The first-order valence-electron chi connectivity index (χ1n) is 4.14. The minimum absolute atomic E-state index is 0.393. The maximum Gasteiger partial charge on any atom is 0.0593 e. The van der Waals surface area contributed by atoms with Crippen LogP contribution in [-0.2, 0) is 4.74 Å². The molecule has 0 aliphatic carbocycles. The summed E-state index contributed by atoms with van der Waals surface area (Å²) in [6.07, 6.45) is 6.97. The van der Waals surface area contributed by atoms with Gasteiger partial charge in [0, 0.05) is 5.38 Å². The van der Waals surface area contributed by atoms with Crippen molar-refractivity contribution < 1.29 is 4.74 Å². The van der Waals surface area contributed by atoms with Gasteiger partial charge in [-0.05, 0) is 32.1 Å². The highest BCUT2D eigenvalue weighted by Crippen LogP contribution is 2.32. The van der Waals surface area contributed by atoms with Crippen molar-refractivity contribution in [3.05, 3.63) is 0 Å². The molecule has 1 nitrogen and oxygen atoms in total. The van der Waals surface area contributed by atoms with E-state index in [1.54, 1.807) is 0 Å². The molecule has 2 heterocycles. The van der Waals surface area contributed by atoms with Gasteiger partial charge >= 0.3 is 0 Å². The van der Waals surface area contributed by atoms with Crippen LogP contribution in [0.1, 0.15) is 32.1 Å². The van der Waals surface area contributed by atoms with Crippen LogP contribution in [0.15, 0.2) is 0 Å². The van der Waals surface area contributed by atoms with E-state index < -0.39 is 0 Å². The zero-order chi connectivity index (χ0) is 6.97. The molecule has 0 N–H and O–H groups in total. The van der Waals surface area contributed by atoms with Crippen LogP contribution in [0.5, 0.6) is 0 Å². The minimum Gasteiger partial charge on any atom is -0.375 e. The van der Waals surface area contributed by atoms with E-state index in [9.17, 15) is 0 Å². The van der Waals surface area contributed by atoms with E-state index in [1.165, 1.54) is 19.3 Å². The zero-order valence-electron chi connectivity index (χ0n) is 6.05. The molecule has 2 heteroatoms. The van der Waals surface area contributed by atoms with Crippen LogP contribution in [0.3, 0.4) is 0 Å². The highest BCUT2D eigenvalue weighted by molar-refractivity contribution is 6.20. The maximum atomic E-state index is 6.04. The average molecular weight is 161 g/mol. The summed E-state index contributed by atoms with van der Waals surface area (Å²) >= 11 is 6.04. The lowest BCUT2D eigenvalue weighted by Crippen LogP contribution is -2.36. The minimum atomic E-state index is 0.393. The molecule has 0 aromatic rings. The summed E-state index contributed by atoms with van der Waals surface area (Å²) in [6, 6.07) is 0. The standard InChI is InChI=1S/C8H13ClO/c9-6-4-7-2-1-3-8(5-6)10-7/h6-8H,1-5H2/t6?,7-,8+. The van der Waals surface area contributed by atoms with Crippen molar-refractivity contribution in [3.8, 4) is 0 Å². The molecule has 58 valence electrons. The number of hydrogen-bond donors (Lipinski definition) is 0. The Labute approximate surface area is 66.7 Å². The molecule has 0 saturated carbocycles. The summed E-state index contributed by atoms with van der Waals surface area (Å²) in [5, 5.41) is 0.393. The Bertz CT molecular complexity index is 110. The van der Waals surface area contributed by atoms with Gasteiger partial charge in [-0.3, -0.25) is 0 Å². The molecule has 2 fully saturated rings. The molecule has 2 aliphatic heterocycles. The monoisotopic (exact) mass is 160 g/mol. The van der Waals surface area contributed by atoms with E-state index in [-0.39, 0.29) is 0 Å². The Kier molecular flexibility index (Phi) is 1.88. The third-order valence-corrected chi connectivity index (χ3v) is 2.83. The summed E-state index contributed by atoms with van der Waals surface area (Å²) in [4.78, 5) is 0. The van der Waals surface area contributed by atoms with Crippen molar-refractivity contribution >= 4 is 11.6 Å².